The van der Waals surface area contributed by atoms with Crippen molar-refractivity contribution >= 4 is 5.91 Å². The Bertz CT molecular complexity index is 221. The number of carbonyl (C=O) groups is 1. The van der Waals surface area contributed by atoms with E-state index in [2.05, 4.69) is 17.6 Å². The van der Waals surface area contributed by atoms with E-state index in [1.165, 1.54) is 6.42 Å². The minimum absolute atomic E-state index is 0.0867. The Morgan fingerprint density at radius 2 is 2.25 bits per heavy atom. The van der Waals surface area contributed by atoms with Crippen LogP contribution in [0.4, 0.5) is 0 Å². The molecule has 4 nitrogen and oxygen atoms in total. The van der Waals surface area contributed by atoms with Crippen LogP contribution < -0.4 is 10.6 Å². The van der Waals surface area contributed by atoms with Gasteiger partial charge in [0.25, 0.3) is 0 Å². The van der Waals surface area contributed by atoms with E-state index in [1.807, 2.05) is 6.92 Å². The third-order valence-electron chi connectivity index (χ3n) is 3.16. The Hall–Kier alpha value is -0.610. The van der Waals surface area contributed by atoms with Crippen LogP contribution in [0.15, 0.2) is 0 Å². The molecule has 0 aliphatic heterocycles. The van der Waals surface area contributed by atoms with Gasteiger partial charge in [-0.3, -0.25) is 4.79 Å². The molecule has 0 aromatic carbocycles. The number of methoxy groups -OCH3 is 1. The second kappa shape index (κ2) is 6.86. The minimum atomic E-state index is -0.132. The van der Waals surface area contributed by atoms with E-state index in [1.54, 1.807) is 7.11 Å². The Morgan fingerprint density at radius 3 is 2.88 bits per heavy atom. The molecular weight excluding hydrogens is 204 g/mol. The summed E-state index contributed by atoms with van der Waals surface area (Å²) >= 11 is 0. The predicted molar refractivity (Wildman–Crippen MR) is 64.3 cm³/mol. The lowest BCUT2D eigenvalue weighted by Gasteiger charge is -2.23. The Kier molecular flexibility index (Phi) is 5.77. The first-order valence-electron chi connectivity index (χ1n) is 6.25. The monoisotopic (exact) mass is 228 g/mol. The molecule has 2 N–H and O–H groups in total. The summed E-state index contributed by atoms with van der Waals surface area (Å²) in [4.78, 5) is 11.7. The van der Waals surface area contributed by atoms with Crippen LogP contribution in [0, 0.1) is 0 Å². The smallest absolute Gasteiger partial charge is 0.236 e. The predicted octanol–water partition coefficient (Wildman–Crippen LogP) is 1.06. The van der Waals surface area contributed by atoms with Crippen molar-refractivity contribution in [3.8, 4) is 0 Å². The van der Waals surface area contributed by atoms with Crippen molar-refractivity contribution in [2.45, 2.75) is 57.7 Å². The fraction of sp³-hybridized carbons (Fsp3) is 0.917. The van der Waals surface area contributed by atoms with Crippen LogP contribution in [0.25, 0.3) is 0 Å². The van der Waals surface area contributed by atoms with Gasteiger partial charge in [0.1, 0.15) is 0 Å². The molecule has 1 rings (SSSR count). The van der Waals surface area contributed by atoms with Crippen molar-refractivity contribution in [3.05, 3.63) is 0 Å². The van der Waals surface area contributed by atoms with Gasteiger partial charge in [-0.2, -0.15) is 0 Å². The topological polar surface area (TPSA) is 50.4 Å². The third-order valence-corrected chi connectivity index (χ3v) is 3.16. The molecule has 0 aromatic heterocycles. The maximum Gasteiger partial charge on any atom is 0.236 e. The van der Waals surface area contributed by atoms with Crippen LogP contribution in [-0.4, -0.2) is 37.7 Å². The summed E-state index contributed by atoms with van der Waals surface area (Å²) in [5, 5.41) is 6.25. The summed E-state index contributed by atoms with van der Waals surface area (Å²) in [6.45, 7) is 4.72. The van der Waals surface area contributed by atoms with Crippen molar-refractivity contribution in [2.24, 2.45) is 0 Å². The van der Waals surface area contributed by atoms with Crippen molar-refractivity contribution in [2.75, 3.05) is 13.7 Å². The summed E-state index contributed by atoms with van der Waals surface area (Å²) in [6.07, 6.45) is 4.62. The van der Waals surface area contributed by atoms with E-state index in [-0.39, 0.29) is 18.1 Å². The maximum absolute atomic E-state index is 11.7. The lowest BCUT2D eigenvalue weighted by Crippen LogP contribution is -2.49. The van der Waals surface area contributed by atoms with Crippen LogP contribution in [-0.2, 0) is 9.53 Å². The molecule has 0 heterocycles. The molecule has 0 saturated heterocycles. The first-order chi connectivity index (χ1) is 7.69. The molecule has 1 amide bonds. The Morgan fingerprint density at radius 1 is 1.50 bits per heavy atom. The first-order valence-corrected chi connectivity index (χ1v) is 6.25. The number of amides is 1. The van der Waals surface area contributed by atoms with Gasteiger partial charge in [0, 0.05) is 19.7 Å². The molecule has 0 spiro atoms. The fourth-order valence-electron chi connectivity index (χ4n) is 2.20. The molecule has 1 aliphatic rings. The SMILES string of the molecule is CCCNC(=O)C(C)NC1CCCC1OC. The largest absolute Gasteiger partial charge is 0.380 e. The minimum Gasteiger partial charge on any atom is -0.380 e. The number of rotatable bonds is 6. The molecule has 4 heteroatoms. The van der Waals surface area contributed by atoms with Crippen LogP contribution in [0.1, 0.15) is 39.5 Å². The zero-order valence-electron chi connectivity index (χ0n) is 10.6. The molecule has 94 valence electrons. The summed E-state index contributed by atoms with van der Waals surface area (Å²) in [5.41, 5.74) is 0. The normalized spacial score (nSPS) is 26.7. The maximum atomic E-state index is 11.7. The van der Waals surface area contributed by atoms with E-state index < -0.39 is 0 Å². The highest BCUT2D eigenvalue weighted by atomic mass is 16.5. The molecular formula is C12H24N2O2. The van der Waals surface area contributed by atoms with Crippen molar-refractivity contribution in [3.63, 3.8) is 0 Å². The molecule has 0 radical (unpaired) electrons. The number of nitrogens with one attached hydrogen (secondary N) is 2. The van der Waals surface area contributed by atoms with Gasteiger partial charge in [0.15, 0.2) is 0 Å². The quantitative estimate of drug-likeness (QED) is 0.714. The molecule has 16 heavy (non-hydrogen) atoms. The molecule has 1 saturated carbocycles. The van der Waals surface area contributed by atoms with E-state index in [4.69, 9.17) is 4.74 Å². The van der Waals surface area contributed by atoms with Crippen molar-refractivity contribution in [1.82, 2.24) is 10.6 Å². The van der Waals surface area contributed by atoms with Gasteiger partial charge < -0.3 is 15.4 Å². The molecule has 1 aliphatic carbocycles. The zero-order chi connectivity index (χ0) is 12.0. The summed E-state index contributed by atoms with van der Waals surface area (Å²) in [6, 6.07) is 0.194. The molecule has 1 fully saturated rings. The standard InChI is InChI=1S/C12H24N2O2/c1-4-8-13-12(15)9(2)14-10-6-5-7-11(10)16-3/h9-11,14H,4-8H2,1-3H3,(H,13,15). The van der Waals surface area contributed by atoms with Gasteiger partial charge in [0.2, 0.25) is 5.91 Å². The number of hydrogen-bond donors (Lipinski definition) is 2. The molecule has 0 aromatic rings. The second-order valence-corrected chi connectivity index (χ2v) is 4.49. The van der Waals surface area contributed by atoms with Gasteiger partial charge in [-0.25, -0.2) is 0 Å². The third kappa shape index (κ3) is 3.76. The van der Waals surface area contributed by atoms with Crippen LogP contribution in [0.3, 0.4) is 0 Å². The first kappa shape index (κ1) is 13.5. The fourth-order valence-corrected chi connectivity index (χ4v) is 2.20. The van der Waals surface area contributed by atoms with Gasteiger partial charge in [0.05, 0.1) is 12.1 Å². The van der Waals surface area contributed by atoms with Gasteiger partial charge in [-0.15, -0.1) is 0 Å². The van der Waals surface area contributed by atoms with E-state index in [0.717, 1.165) is 25.8 Å². The van der Waals surface area contributed by atoms with Crippen LogP contribution in [0.2, 0.25) is 0 Å². The van der Waals surface area contributed by atoms with Crippen molar-refractivity contribution in [1.29, 1.82) is 0 Å². The van der Waals surface area contributed by atoms with Crippen molar-refractivity contribution < 1.29 is 9.53 Å². The molecule has 0 bridgehead atoms. The highest BCUT2D eigenvalue weighted by Crippen LogP contribution is 2.21. The van der Waals surface area contributed by atoms with Gasteiger partial charge in [-0.1, -0.05) is 6.92 Å². The van der Waals surface area contributed by atoms with Gasteiger partial charge >= 0.3 is 0 Å². The zero-order valence-corrected chi connectivity index (χ0v) is 10.6. The lowest BCUT2D eigenvalue weighted by atomic mass is 10.1. The van der Waals surface area contributed by atoms with Crippen LogP contribution in [0.5, 0.6) is 0 Å². The summed E-state index contributed by atoms with van der Waals surface area (Å²) in [7, 11) is 1.74. The van der Waals surface area contributed by atoms with E-state index in [0.29, 0.717) is 6.04 Å². The van der Waals surface area contributed by atoms with E-state index in [9.17, 15) is 4.79 Å². The van der Waals surface area contributed by atoms with Gasteiger partial charge in [-0.05, 0) is 32.6 Å². The highest BCUT2D eigenvalue weighted by molar-refractivity contribution is 5.81. The van der Waals surface area contributed by atoms with E-state index >= 15 is 0 Å². The Balaban J connectivity index is 2.32. The Labute approximate surface area is 98.1 Å². The summed E-state index contributed by atoms with van der Waals surface area (Å²) < 4.78 is 5.39. The lowest BCUT2D eigenvalue weighted by molar-refractivity contribution is -0.123. The highest BCUT2D eigenvalue weighted by Gasteiger charge is 2.29. The van der Waals surface area contributed by atoms with Crippen LogP contribution >= 0.6 is 0 Å². The second-order valence-electron chi connectivity index (χ2n) is 4.49. The average molecular weight is 228 g/mol. The summed E-state index contributed by atoms with van der Waals surface area (Å²) in [5.74, 6) is 0.0867. The molecule has 3 atom stereocenters. The number of hydrogen-bond acceptors (Lipinski definition) is 3. The average Bonchev–Trinajstić information content (AvgIpc) is 2.72. The molecule has 3 unspecified atom stereocenters. The number of ether oxygens (including phenoxy) is 1. The number of carbonyl (C=O) groups excluding carboxylic acids is 1.